The Morgan fingerprint density at radius 1 is 1.41 bits per heavy atom. The standard InChI is InChI=1S/C10H20N2O5/c1-3-17-10(15)8(11)9(14)12(4-6-13)5-7-16-2/h8,13H,3-7,11H2,1-2H3. The maximum Gasteiger partial charge on any atom is 0.332 e. The third kappa shape index (κ3) is 5.62. The molecule has 7 nitrogen and oxygen atoms in total. The zero-order chi connectivity index (χ0) is 13.3. The van der Waals surface area contributed by atoms with Crippen molar-refractivity contribution >= 4 is 11.9 Å². The smallest absolute Gasteiger partial charge is 0.332 e. The summed E-state index contributed by atoms with van der Waals surface area (Å²) in [6.07, 6.45) is 0. The maximum absolute atomic E-state index is 11.8. The van der Waals surface area contributed by atoms with Crippen molar-refractivity contribution < 1.29 is 24.2 Å². The summed E-state index contributed by atoms with van der Waals surface area (Å²) in [5.74, 6) is -1.34. The minimum atomic E-state index is -1.35. The van der Waals surface area contributed by atoms with Crippen LogP contribution in [0.15, 0.2) is 0 Å². The van der Waals surface area contributed by atoms with Crippen molar-refractivity contribution in [2.75, 3.05) is 40.0 Å². The predicted molar refractivity (Wildman–Crippen MR) is 60.2 cm³/mol. The van der Waals surface area contributed by atoms with E-state index in [1.807, 2.05) is 0 Å². The molecule has 17 heavy (non-hydrogen) atoms. The third-order valence-corrected chi connectivity index (χ3v) is 2.05. The molecule has 0 aromatic heterocycles. The lowest BCUT2D eigenvalue weighted by Gasteiger charge is -2.23. The van der Waals surface area contributed by atoms with Gasteiger partial charge in [-0.3, -0.25) is 4.79 Å². The van der Waals surface area contributed by atoms with E-state index in [2.05, 4.69) is 4.74 Å². The Bertz CT molecular complexity index is 247. The Labute approximate surface area is 100 Å². The zero-order valence-electron chi connectivity index (χ0n) is 10.2. The molecule has 0 spiro atoms. The lowest BCUT2D eigenvalue weighted by atomic mass is 10.2. The van der Waals surface area contributed by atoms with Crippen molar-refractivity contribution in [3.63, 3.8) is 0 Å². The zero-order valence-corrected chi connectivity index (χ0v) is 10.2. The molecular weight excluding hydrogens is 228 g/mol. The largest absolute Gasteiger partial charge is 0.464 e. The number of nitrogens with two attached hydrogens (primary N) is 1. The fourth-order valence-electron chi connectivity index (χ4n) is 1.18. The molecule has 0 aliphatic heterocycles. The first kappa shape index (κ1) is 15.8. The highest BCUT2D eigenvalue weighted by Crippen LogP contribution is 1.96. The molecule has 100 valence electrons. The molecule has 1 unspecified atom stereocenters. The van der Waals surface area contributed by atoms with E-state index in [4.69, 9.17) is 15.6 Å². The van der Waals surface area contributed by atoms with Gasteiger partial charge in [-0.25, -0.2) is 4.79 Å². The SMILES string of the molecule is CCOC(=O)C(N)C(=O)N(CCO)CCOC. The Kier molecular flexibility index (Phi) is 8.29. The van der Waals surface area contributed by atoms with E-state index in [1.165, 1.54) is 12.0 Å². The van der Waals surface area contributed by atoms with Crippen LogP contribution in [-0.2, 0) is 19.1 Å². The number of carbonyl (C=O) groups excluding carboxylic acids is 2. The summed E-state index contributed by atoms with van der Waals surface area (Å²) < 4.78 is 9.48. The first-order valence-electron chi connectivity index (χ1n) is 5.39. The van der Waals surface area contributed by atoms with Crippen LogP contribution in [0.4, 0.5) is 0 Å². The molecule has 0 aromatic carbocycles. The van der Waals surface area contributed by atoms with E-state index < -0.39 is 17.9 Å². The van der Waals surface area contributed by atoms with Crippen molar-refractivity contribution in [1.29, 1.82) is 0 Å². The minimum Gasteiger partial charge on any atom is -0.464 e. The van der Waals surface area contributed by atoms with Gasteiger partial charge >= 0.3 is 5.97 Å². The Balaban J connectivity index is 4.42. The summed E-state index contributed by atoms with van der Waals surface area (Å²) >= 11 is 0. The van der Waals surface area contributed by atoms with E-state index >= 15 is 0 Å². The second-order valence-corrected chi connectivity index (χ2v) is 3.27. The van der Waals surface area contributed by atoms with Crippen LogP contribution in [0.2, 0.25) is 0 Å². The van der Waals surface area contributed by atoms with E-state index in [-0.39, 0.29) is 26.3 Å². The molecular formula is C10H20N2O5. The number of hydrogen-bond donors (Lipinski definition) is 2. The summed E-state index contributed by atoms with van der Waals surface area (Å²) in [4.78, 5) is 24.3. The van der Waals surface area contributed by atoms with Crippen molar-refractivity contribution in [3.8, 4) is 0 Å². The fraction of sp³-hybridized carbons (Fsp3) is 0.800. The average Bonchev–Trinajstić information content (AvgIpc) is 2.33. The summed E-state index contributed by atoms with van der Waals surface area (Å²) in [7, 11) is 1.49. The fourth-order valence-corrected chi connectivity index (χ4v) is 1.18. The summed E-state index contributed by atoms with van der Waals surface area (Å²) in [6, 6.07) is -1.35. The maximum atomic E-state index is 11.8. The Morgan fingerprint density at radius 2 is 2.06 bits per heavy atom. The number of rotatable bonds is 8. The van der Waals surface area contributed by atoms with Crippen LogP contribution in [0.25, 0.3) is 0 Å². The van der Waals surface area contributed by atoms with Crippen molar-refractivity contribution in [1.82, 2.24) is 4.90 Å². The molecule has 0 aliphatic rings. The highest BCUT2D eigenvalue weighted by molar-refractivity contribution is 6.01. The quantitative estimate of drug-likeness (QED) is 0.394. The van der Waals surface area contributed by atoms with Crippen molar-refractivity contribution in [2.45, 2.75) is 13.0 Å². The molecule has 0 rings (SSSR count). The van der Waals surface area contributed by atoms with Crippen LogP contribution < -0.4 is 5.73 Å². The molecule has 7 heteroatoms. The molecule has 0 aliphatic carbocycles. The van der Waals surface area contributed by atoms with E-state index in [9.17, 15) is 9.59 Å². The second-order valence-electron chi connectivity index (χ2n) is 3.27. The van der Waals surface area contributed by atoms with Crippen LogP contribution in [0, 0.1) is 0 Å². The first-order chi connectivity index (χ1) is 8.08. The summed E-state index contributed by atoms with van der Waals surface area (Å²) in [5.41, 5.74) is 5.46. The molecule has 0 fully saturated rings. The van der Waals surface area contributed by atoms with Gasteiger partial charge in [-0.05, 0) is 6.92 Å². The Morgan fingerprint density at radius 3 is 2.53 bits per heavy atom. The highest BCUT2D eigenvalue weighted by Gasteiger charge is 2.27. The van der Waals surface area contributed by atoms with Gasteiger partial charge in [0.05, 0.1) is 19.8 Å². The van der Waals surface area contributed by atoms with E-state index in [1.54, 1.807) is 6.92 Å². The van der Waals surface area contributed by atoms with E-state index in [0.717, 1.165) is 0 Å². The van der Waals surface area contributed by atoms with Gasteiger partial charge in [-0.2, -0.15) is 0 Å². The normalized spacial score (nSPS) is 12.0. The number of ether oxygens (including phenoxy) is 2. The minimum absolute atomic E-state index is 0.106. The van der Waals surface area contributed by atoms with Crippen molar-refractivity contribution in [3.05, 3.63) is 0 Å². The van der Waals surface area contributed by atoms with Gasteiger partial charge < -0.3 is 25.2 Å². The molecule has 0 saturated heterocycles. The van der Waals surface area contributed by atoms with Gasteiger partial charge in [-0.1, -0.05) is 0 Å². The molecule has 0 saturated carbocycles. The van der Waals surface area contributed by atoms with Crippen LogP contribution in [0.1, 0.15) is 6.92 Å². The lowest BCUT2D eigenvalue weighted by Crippen LogP contribution is -2.50. The molecule has 0 aromatic rings. The number of nitrogens with zero attached hydrogens (tertiary/aromatic N) is 1. The molecule has 0 radical (unpaired) electrons. The van der Waals surface area contributed by atoms with Crippen LogP contribution in [-0.4, -0.2) is 67.9 Å². The lowest BCUT2D eigenvalue weighted by molar-refractivity contribution is -0.151. The first-order valence-corrected chi connectivity index (χ1v) is 5.39. The van der Waals surface area contributed by atoms with Crippen LogP contribution in [0.3, 0.4) is 0 Å². The number of amides is 1. The van der Waals surface area contributed by atoms with Crippen LogP contribution >= 0.6 is 0 Å². The van der Waals surface area contributed by atoms with Gasteiger partial charge in [-0.15, -0.1) is 0 Å². The predicted octanol–water partition coefficient (Wildman–Crippen LogP) is -1.66. The van der Waals surface area contributed by atoms with E-state index in [0.29, 0.717) is 6.61 Å². The van der Waals surface area contributed by atoms with Gasteiger partial charge in [0, 0.05) is 20.2 Å². The number of methoxy groups -OCH3 is 1. The topological polar surface area (TPSA) is 102 Å². The van der Waals surface area contributed by atoms with Gasteiger partial charge in [0.1, 0.15) is 0 Å². The number of aliphatic hydroxyl groups is 1. The van der Waals surface area contributed by atoms with Gasteiger partial charge in [0.2, 0.25) is 0 Å². The Hall–Kier alpha value is -1.18. The molecule has 1 atom stereocenters. The van der Waals surface area contributed by atoms with Crippen LogP contribution in [0.5, 0.6) is 0 Å². The average molecular weight is 248 g/mol. The summed E-state index contributed by atoms with van der Waals surface area (Å²) in [5, 5.41) is 8.82. The second kappa shape index (κ2) is 8.91. The molecule has 0 heterocycles. The molecule has 1 amide bonds. The number of carbonyl (C=O) groups is 2. The highest BCUT2D eigenvalue weighted by atomic mass is 16.5. The van der Waals surface area contributed by atoms with Gasteiger partial charge in [0.15, 0.2) is 6.04 Å². The summed E-state index contributed by atoms with van der Waals surface area (Å²) in [6.45, 7) is 2.27. The van der Waals surface area contributed by atoms with Gasteiger partial charge in [0.25, 0.3) is 5.91 Å². The molecule has 3 N–H and O–H groups in total. The number of aliphatic hydroxyl groups excluding tert-OH is 1. The number of hydrogen-bond acceptors (Lipinski definition) is 6. The van der Waals surface area contributed by atoms with Crippen molar-refractivity contribution in [2.24, 2.45) is 5.73 Å². The monoisotopic (exact) mass is 248 g/mol. The number of esters is 1. The molecule has 0 bridgehead atoms. The third-order valence-electron chi connectivity index (χ3n) is 2.05.